The molecule has 1 N–H and O–H groups in total. The molecule has 7 nitrogen and oxygen atoms in total. The number of alkyl carbamates (subject to hydrolysis) is 1. The highest BCUT2D eigenvalue weighted by Gasteiger charge is 2.42. The molecule has 270 valence electrons. The fraction of sp³-hybridized carbons (Fsp3) is 0.571. The summed E-state index contributed by atoms with van der Waals surface area (Å²) in [5.41, 5.74) is -2.58. The Hall–Kier alpha value is -3.84. The highest BCUT2D eigenvalue weighted by molar-refractivity contribution is 5.82. The first-order valence-electron chi connectivity index (χ1n) is 16.2. The van der Waals surface area contributed by atoms with Crippen molar-refractivity contribution in [2.45, 2.75) is 96.3 Å². The van der Waals surface area contributed by atoms with Crippen LogP contribution in [-0.4, -0.2) is 59.5 Å². The van der Waals surface area contributed by atoms with Gasteiger partial charge < -0.3 is 19.9 Å². The summed E-state index contributed by atoms with van der Waals surface area (Å²) in [6, 6.07) is 5.32. The molecule has 1 aliphatic carbocycles. The van der Waals surface area contributed by atoms with Crippen molar-refractivity contribution in [1.82, 2.24) is 15.1 Å². The van der Waals surface area contributed by atoms with Crippen LogP contribution in [-0.2, 0) is 33.2 Å². The highest BCUT2D eigenvalue weighted by Crippen LogP contribution is 2.39. The maximum Gasteiger partial charge on any atom is 0.416 e. The van der Waals surface area contributed by atoms with Gasteiger partial charge >= 0.3 is 18.4 Å². The summed E-state index contributed by atoms with van der Waals surface area (Å²) in [7, 11) is 1.31. The molecule has 0 unspecified atom stereocenters. The van der Waals surface area contributed by atoms with Crippen LogP contribution in [0.5, 0.6) is 0 Å². The third kappa shape index (κ3) is 9.87. The van der Waals surface area contributed by atoms with Crippen LogP contribution in [0.25, 0.3) is 0 Å². The number of ether oxygens (including phenoxy) is 1. The van der Waals surface area contributed by atoms with Crippen LogP contribution in [0.15, 0.2) is 36.4 Å². The van der Waals surface area contributed by atoms with Gasteiger partial charge in [-0.1, -0.05) is 6.07 Å². The van der Waals surface area contributed by atoms with Gasteiger partial charge in [-0.2, -0.15) is 26.3 Å². The second-order valence-electron chi connectivity index (χ2n) is 14.1. The minimum Gasteiger partial charge on any atom is -0.446 e. The van der Waals surface area contributed by atoms with E-state index in [0.29, 0.717) is 48.9 Å². The van der Waals surface area contributed by atoms with E-state index in [0.717, 1.165) is 4.90 Å². The van der Waals surface area contributed by atoms with E-state index in [1.165, 1.54) is 25.2 Å². The molecule has 1 aliphatic heterocycles. The molecular weight excluding hydrogens is 659 g/mol. The predicted octanol–water partition coefficient (Wildman–Crippen LogP) is 7.85. The van der Waals surface area contributed by atoms with Gasteiger partial charge in [-0.25, -0.2) is 9.18 Å². The zero-order valence-electron chi connectivity index (χ0n) is 28.1. The average molecular weight is 702 g/mol. The van der Waals surface area contributed by atoms with Crippen LogP contribution in [0.4, 0.5) is 35.5 Å². The minimum atomic E-state index is -5.03. The summed E-state index contributed by atoms with van der Waals surface area (Å²) in [5, 5.41) is 2.75. The van der Waals surface area contributed by atoms with E-state index in [1.807, 2.05) is 20.8 Å². The fourth-order valence-corrected chi connectivity index (χ4v) is 6.74. The van der Waals surface area contributed by atoms with Crippen molar-refractivity contribution >= 4 is 17.9 Å². The predicted molar refractivity (Wildman–Crippen MR) is 167 cm³/mol. The van der Waals surface area contributed by atoms with Crippen molar-refractivity contribution in [3.05, 3.63) is 70.0 Å². The maximum absolute atomic E-state index is 14.1. The number of rotatable bonds is 6. The van der Waals surface area contributed by atoms with E-state index in [1.54, 1.807) is 11.8 Å². The fourth-order valence-electron chi connectivity index (χ4n) is 6.74. The van der Waals surface area contributed by atoms with E-state index >= 15 is 0 Å². The number of piperidine rings is 1. The van der Waals surface area contributed by atoms with E-state index < -0.39 is 65.2 Å². The van der Waals surface area contributed by atoms with Crippen LogP contribution < -0.4 is 5.32 Å². The Kier molecular flexibility index (Phi) is 11.3. The van der Waals surface area contributed by atoms with Gasteiger partial charge in [0.25, 0.3) is 0 Å². The van der Waals surface area contributed by atoms with Crippen LogP contribution in [0.1, 0.15) is 86.6 Å². The molecule has 0 spiro atoms. The van der Waals surface area contributed by atoms with Gasteiger partial charge in [0.1, 0.15) is 11.9 Å². The number of carbonyl (C=O) groups excluding carboxylic acids is 3. The molecule has 2 atom stereocenters. The Balaban J connectivity index is 1.50. The van der Waals surface area contributed by atoms with Crippen LogP contribution in [0.3, 0.4) is 0 Å². The van der Waals surface area contributed by atoms with Crippen molar-refractivity contribution in [2.24, 2.45) is 11.8 Å². The van der Waals surface area contributed by atoms with Gasteiger partial charge in [0.05, 0.1) is 11.1 Å². The second-order valence-corrected chi connectivity index (χ2v) is 14.1. The summed E-state index contributed by atoms with van der Waals surface area (Å²) in [5.74, 6) is -2.86. The monoisotopic (exact) mass is 701 g/mol. The van der Waals surface area contributed by atoms with Crippen molar-refractivity contribution in [2.75, 3.05) is 20.1 Å². The number of benzene rings is 2. The zero-order chi connectivity index (χ0) is 36.5. The van der Waals surface area contributed by atoms with Gasteiger partial charge in [-0.3, -0.25) is 9.59 Å². The molecule has 0 radical (unpaired) electrons. The van der Waals surface area contributed by atoms with E-state index in [2.05, 4.69) is 5.32 Å². The molecule has 3 amide bonds. The SMILES string of the molecule is Cc1cc(F)ccc1[C@@H]1CN(C(=O)C2CCC(OC(=O)NC(C)(C)C)CC2)CC[C@H]1C(=O)N(C)Cc1cc(C(F)(F)F)cc(C(F)(F)F)c1. The minimum absolute atomic E-state index is 0.0364. The third-order valence-electron chi connectivity index (χ3n) is 9.09. The Labute approximate surface area is 281 Å². The first kappa shape index (κ1) is 38.0. The lowest BCUT2D eigenvalue weighted by atomic mass is 9.77. The number of nitrogens with one attached hydrogen (secondary N) is 1. The lowest BCUT2D eigenvalue weighted by molar-refractivity contribution is -0.144. The number of hydrogen-bond donors (Lipinski definition) is 1. The number of carbonyl (C=O) groups is 3. The van der Waals surface area contributed by atoms with Crippen molar-refractivity contribution in [3.8, 4) is 0 Å². The number of likely N-dealkylation sites (tertiary alicyclic amines) is 1. The summed E-state index contributed by atoms with van der Waals surface area (Å²) in [4.78, 5) is 42.6. The van der Waals surface area contributed by atoms with Crippen molar-refractivity contribution < 1.29 is 49.9 Å². The Morgan fingerprint density at radius 1 is 0.898 bits per heavy atom. The van der Waals surface area contributed by atoms with E-state index in [-0.39, 0.29) is 49.1 Å². The van der Waals surface area contributed by atoms with Gasteiger partial charge in [-0.05, 0) is 107 Å². The molecule has 2 fully saturated rings. The molecule has 14 heteroatoms. The van der Waals surface area contributed by atoms with Crippen molar-refractivity contribution in [1.29, 1.82) is 0 Å². The number of nitrogens with zero attached hydrogens (tertiary/aromatic N) is 2. The molecule has 1 saturated carbocycles. The van der Waals surface area contributed by atoms with Gasteiger partial charge in [0.15, 0.2) is 0 Å². The number of amides is 3. The highest BCUT2D eigenvalue weighted by atomic mass is 19.4. The number of hydrogen-bond acceptors (Lipinski definition) is 4. The normalized spacial score (nSPS) is 22.0. The van der Waals surface area contributed by atoms with Crippen LogP contribution in [0.2, 0.25) is 0 Å². The molecule has 2 aliphatic rings. The lowest BCUT2D eigenvalue weighted by Gasteiger charge is -2.42. The topological polar surface area (TPSA) is 79.0 Å². The molecule has 1 saturated heterocycles. The summed E-state index contributed by atoms with van der Waals surface area (Å²) < 4.78 is 100. The van der Waals surface area contributed by atoms with Crippen LogP contribution in [0, 0.1) is 24.6 Å². The van der Waals surface area contributed by atoms with E-state index in [4.69, 9.17) is 4.74 Å². The molecule has 4 rings (SSSR count). The van der Waals surface area contributed by atoms with Crippen LogP contribution >= 0.6 is 0 Å². The van der Waals surface area contributed by atoms with E-state index in [9.17, 15) is 45.1 Å². The van der Waals surface area contributed by atoms with Crippen molar-refractivity contribution in [3.63, 3.8) is 0 Å². The van der Waals surface area contributed by atoms with Gasteiger partial charge in [0.2, 0.25) is 11.8 Å². The first-order chi connectivity index (χ1) is 22.6. The number of aryl methyl sites for hydroxylation is 1. The summed E-state index contributed by atoms with van der Waals surface area (Å²) >= 11 is 0. The number of halogens is 7. The average Bonchev–Trinajstić information content (AvgIpc) is 2.98. The largest absolute Gasteiger partial charge is 0.446 e. The van der Waals surface area contributed by atoms with Gasteiger partial charge in [-0.15, -0.1) is 0 Å². The van der Waals surface area contributed by atoms with Gasteiger partial charge in [0, 0.05) is 50.0 Å². The molecule has 0 aromatic heterocycles. The Bertz CT molecular complexity index is 1500. The molecule has 49 heavy (non-hydrogen) atoms. The molecular formula is C35H42F7N3O4. The smallest absolute Gasteiger partial charge is 0.416 e. The summed E-state index contributed by atoms with van der Waals surface area (Å²) in [6.07, 6.45) is -8.75. The third-order valence-corrected chi connectivity index (χ3v) is 9.09. The Morgan fingerprint density at radius 2 is 1.49 bits per heavy atom. The lowest BCUT2D eigenvalue weighted by Crippen LogP contribution is -2.49. The quantitative estimate of drug-likeness (QED) is 0.312. The second kappa shape index (κ2) is 14.6. The maximum atomic E-state index is 14.1. The molecule has 1 heterocycles. The Morgan fingerprint density at radius 3 is 2.02 bits per heavy atom. The molecule has 2 aromatic rings. The molecule has 2 aromatic carbocycles. The first-order valence-corrected chi connectivity index (χ1v) is 16.2. The number of alkyl halides is 6. The summed E-state index contributed by atoms with van der Waals surface area (Å²) in [6.45, 7) is 6.98. The standard InChI is InChI=1S/C35H42F7N3O4/c1-20-14-25(36)8-11-27(20)29-19-45(30(46)22-6-9-26(10-7-22)49-32(48)43-33(2,3)4)13-12-28(29)31(47)44(5)18-21-15-23(34(37,38)39)17-24(16-21)35(40,41)42/h8,11,14-17,22,26,28-29H,6-7,9-10,12-13,18-19H2,1-5H3,(H,43,48)/t22?,26?,28-,29+/m1/s1. The zero-order valence-corrected chi connectivity index (χ0v) is 28.1. The molecule has 0 bridgehead atoms.